The first kappa shape index (κ1) is 14.4. The van der Waals surface area contributed by atoms with E-state index in [4.69, 9.17) is 18.0 Å². The Bertz CT molecular complexity index is 713. The Morgan fingerprint density at radius 2 is 2.19 bits per heavy atom. The molecule has 0 radical (unpaired) electrons. The smallest absolute Gasteiger partial charge is 0.261 e. The molecule has 2 atom stereocenters. The van der Waals surface area contributed by atoms with Crippen LogP contribution in [0.25, 0.3) is 10.1 Å². The second-order valence-corrected chi connectivity index (χ2v) is 6.87. The van der Waals surface area contributed by atoms with E-state index in [0.717, 1.165) is 29.3 Å². The number of carbonyl (C=O) groups is 1. The van der Waals surface area contributed by atoms with Gasteiger partial charge in [0.2, 0.25) is 0 Å². The quantitative estimate of drug-likeness (QED) is 0.853. The highest BCUT2D eigenvalue weighted by Gasteiger charge is 2.31. The summed E-state index contributed by atoms with van der Waals surface area (Å²) in [7, 11) is 0. The molecule has 1 aromatic carbocycles. The molecule has 3 N–H and O–H groups in total. The molecule has 3 rings (SSSR count). The number of thiophene rings is 1. The van der Waals surface area contributed by atoms with Crippen molar-refractivity contribution in [2.45, 2.75) is 25.3 Å². The van der Waals surface area contributed by atoms with Crippen molar-refractivity contribution in [3.8, 4) is 0 Å². The SMILES string of the molecule is NC(=S)C1CCCC1NC(=O)c1cc2ccc(F)cc2s1. The first-order valence-electron chi connectivity index (χ1n) is 6.84. The van der Waals surface area contributed by atoms with E-state index >= 15 is 0 Å². The van der Waals surface area contributed by atoms with Crippen molar-refractivity contribution in [1.82, 2.24) is 5.32 Å². The number of rotatable bonds is 3. The highest BCUT2D eigenvalue weighted by atomic mass is 32.1. The fraction of sp³-hybridized carbons (Fsp3) is 0.333. The molecular weight excluding hydrogens is 307 g/mol. The molecule has 0 aliphatic heterocycles. The Balaban J connectivity index is 1.79. The van der Waals surface area contributed by atoms with E-state index in [1.165, 1.54) is 23.5 Å². The minimum Gasteiger partial charge on any atom is -0.393 e. The Hall–Kier alpha value is -1.53. The first-order valence-corrected chi connectivity index (χ1v) is 8.06. The summed E-state index contributed by atoms with van der Waals surface area (Å²) in [6.07, 6.45) is 2.84. The Morgan fingerprint density at radius 3 is 2.95 bits per heavy atom. The van der Waals surface area contributed by atoms with Gasteiger partial charge in [-0.3, -0.25) is 4.79 Å². The minimum atomic E-state index is -0.291. The summed E-state index contributed by atoms with van der Waals surface area (Å²) < 4.78 is 14.0. The minimum absolute atomic E-state index is 0.0111. The third-order valence-corrected chi connectivity index (χ3v) is 5.30. The Labute approximate surface area is 131 Å². The summed E-state index contributed by atoms with van der Waals surface area (Å²) in [5.41, 5.74) is 5.72. The van der Waals surface area contributed by atoms with Crippen LogP contribution >= 0.6 is 23.6 Å². The number of nitrogens with one attached hydrogen (secondary N) is 1. The number of fused-ring (bicyclic) bond motifs is 1. The monoisotopic (exact) mass is 322 g/mol. The second-order valence-electron chi connectivity index (χ2n) is 5.31. The highest BCUT2D eigenvalue weighted by molar-refractivity contribution is 7.80. The summed E-state index contributed by atoms with van der Waals surface area (Å²) in [5, 5.41) is 3.89. The van der Waals surface area contributed by atoms with Crippen LogP contribution in [0.1, 0.15) is 28.9 Å². The van der Waals surface area contributed by atoms with Crippen molar-refractivity contribution < 1.29 is 9.18 Å². The number of carbonyl (C=O) groups excluding carboxylic acids is 1. The number of hydrogen-bond donors (Lipinski definition) is 2. The van der Waals surface area contributed by atoms with Crippen LogP contribution in [-0.4, -0.2) is 16.9 Å². The van der Waals surface area contributed by atoms with E-state index in [1.54, 1.807) is 12.1 Å². The standard InChI is InChI=1S/C15H15FN2OS2/c16-9-5-4-8-6-13(21-12(8)7-9)15(19)18-11-3-1-2-10(11)14(17)20/h4-7,10-11H,1-3H2,(H2,17,20)(H,18,19). The molecule has 0 saturated heterocycles. The van der Waals surface area contributed by atoms with Crippen LogP contribution in [0.4, 0.5) is 4.39 Å². The summed E-state index contributed by atoms with van der Waals surface area (Å²) in [4.78, 5) is 13.4. The lowest BCUT2D eigenvalue weighted by Crippen LogP contribution is -2.41. The maximum Gasteiger partial charge on any atom is 0.261 e. The van der Waals surface area contributed by atoms with Gasteiger partial charge in [0.1, 0.15) is 5.82 Å². The maximum atomic E-state index is 13.2. The maximum absolute atomic E-state index is 13.2. The lowest BCUT2D eigenvalue weighted by Gasteiger charge is -2.19. The summed E-state index contributed by atoms with van der Waals surface area (Å²) in [6, 6.07) is 6.34. The normalized spacial score (nSPS) is 21.6. The van der Waals surface area contributed by atoms with Gasteiger partial charge in [-0.2, -0.15) is 0 Å². The van der Waals surface area contributed by atoms with Gasteiger partial charge in [0.15, 0.2) is 0 Å². The average molecular weight is 322 g/mol. The van der Waals surface area contributed by atoms with E-state index in [9.17, 15) is 9.18 Å². The highest BCUT2D eigenvalue weighted by Crippen LogP contribution is 2.29. The van der Waals surface area contributed by atoms with E-state index in [1.807, 2.05) is 0 Å². The predicted molar refractivity (Wildman–Crippen MR) is 87.2 cm³/mol. The van der Waals surface area contributed by atoms with Crippen LogP contribution in [0, 0.1) is 11.7 Å². The van der Waals surface area contributed by atoms with Crippen LogP contribution < -0.4 is 11.1 Å². The number of thiocarbonyl (C=S) groups is 1. The first-order chi connectivity index (χ1) is 10.0. The number of hydrogen-bond acceptors (Lipinski definition) is 3. The van der Waals surface area contributed by atoms with Gasteiger partial charge in [-0.05, 0) is 36.4 Å². The molecule has 1 fully saturated rings. The van der Waals surface area contributed by atoms with Crippen molar-refractivity contribution in [2.24, 2.45) is 11.7 Å². The zero-order chi connectivity index (χ0) is 15.0. The zero-order valence-electron chi connectivity index (χ0n) is 11.3. The van der Waals surface area contributed by atoms with Gasteiger partial charge in [-0.15, -0.1) is 11.3 Å². The fourth-order valence-electron chi connectivity index (χ4n) is 2.83. The van der Waals surface area contributed by atoms with Crippen molar-refractivity contribution >= 4 is 44.5 Å². The molecule has 21 heavy (non-hydrogen) atoms. The lowest BCUT2D eigenvalue weighted by molar-refractivity contribution is 0.0938. The lowest BCUT2D eigenvalue weighted by atomic mass is 10.0. The topological polar surface area (TPSA) is 55.1 Å². The van der Waals surface area contributed by atoms with Crippen molar-refractivity contribution in [2.75, 3.05) is 0 Å². The van der Waals surface area contributed by atoms with Crippen LogP contribution in [0.3, 0.4) is 0 Å². The van der Waals surface area contributed by atoms with Crippen LogP contribution in [0.2, 0.25) is 0 Å². The molecule has 1 aliphatic rings. The molecule has 2 aromatic rings. The van der Waals surface area contributed by atoms with Crippen LogP contribution in [-0.2, 0) is 0 Å². The third-order valence-electron chi connectivity index (χ3n) is 3.90. The molecule has 2 unspecified atom stereocenters. The molecule has 0 bridgehead atoms. The number of halogens is 1. The Kier molecular flexibility index (Phi) is 3.91. The van der Waals surface area contributed by atoms with Crippen LogP contribution in [0.5, 0.6) is 0 Å². The molecule has 6 heteroatoms. The number of amides is 1. The van der Waals surface area contributed by atoms with E-state index < -0.39 is 0 Å². The summed E-state index contributed by atoms with van der Waals surface area (Å²) in [6.45, 7) is 0. The van der Waals surface area contributed by atoms with Gasteiger partial charge in [0, 0.05) is 16.7 Å². The van der Waals surface area contributed by atoms with Crippen molar-refractivity contribution in [3.05, 3.63) is 35.0 Å². The predicted octanol–water partition coefficient (Wildman–Crippen LogP) is 3.23. The van der Waals surface area contributed by atoms with E-state index in [-0.39, 0.29) is 23.7 Å². The summed E-state index contributed by atoms with van der Waals surface area (Å²) in [5.74, 6) is -0.346. The summed E-state index contributed by atoms with van der Waals surface area (Å²) >= 11 is 6.35. The number of benzene rings is 1. The molecule has 110 valence electrons. The zero-order valence-corrected chi connectivity index (χ0v) is 12.9. The third kappa shape index (κ3) is 2.91. The van der Waals surface area contributed by atoms with Gasteiger partial charge >= 0.3 is 0 Å². The van der Waals surface area contributed by atoms with Gasteiger partial charge in [-0.1, -0.05) is 24.7 Å². The van der Waals surface area contributed by atoms with Crippen molar-refractivity contribution in [1.29, 1.82) is 0 Å². The molecule has 0 spiro atoms. The van der Waals surface area contributed by atoms with Crippen LogP contribution in [0.15, 0.2) is 24.3 Å². The molecule has 1 saturated carbocycles. The van der Waals surface area contributed by atoms with Gasteiger partial charge < -0.3 is 11.1 Å². The largest absolute Gasteiger partial charge is 0.393 e. The van der Waals surface area contributed by atoms with E-state index in [0.29, 0.717) is 9.87 Å². The molecule has 1 amide bonds. The molecule has 3 nitrogen and oxygen atoms in total. The fourth-order valence-corrected chi connectivity index (χ4v) is 4.10. The number of nitrogens with two attached hydrogens (primary N) is 1. The molecular formula is C15H15FN2OS2. The van der Waals surface area contributed by atoms with Gasteiger partial charge in [0.25, 0.3) is 5.91 Å². The van der Waals surface area contributed by atoms with Gasteiger partial charge in [-0.25, -0.2) is 4.39 Å². The second kappa shape index (κ2) is 5.69. The Morgan fingerprint density at radius 1 is 1.38 bits per heavy atom. The molecule has 1 heterocycles. The average Bonchev–Trinajstić information content (AvgIpc) is 3.04. The van der Waals surface area contributed by atoms with Crippen molar-refractivity contribution in [3.63, 3.8) is 0 Å². The van der Waals surface area contributed by atoms with E-state index in [2.05, 4.69) is 5.32 Å². The molecule has 1 aromatic heterocycles. The van der Waals surface area contributed by atoms with Gasteiger partial charge in [0.05, 0.1) is 9.87 Å². The molecule has 1 aliphatic carbocycles.